The monoisotopic (exact) mass is 285 g/mol. The number of fused-ring (bicyclic) bond motifs is 1. The smallest absolute Gasteiger partial charge is 0.246 e. The van der Waals surface area contributed by atoms with E-state index in [-0.39, 0.29) is 0 Å². The van der Waals surface area contributed by atoms with Crippen LogP contribution in [0.2, 0.25) is 0 Å². The van der Waals surface area contributed by atoms with E-state index < -0.39 is 10.0 Å². The molecule has 7 heteroatoms. The van der Waals surface area contributed by atoms with Crippen LogP contribution in [0.5, 0.6) is 0 Å². The van der Waals surface area contributed by atoms with Crippen LogP contribution in [0.15, 0.2) is 17.3 Å². The van der Waals surface area contributed by atoms with E-state index in [1.807, 2.05) is 6.92 Å². The Morgan fingerprint density at radius 3 is 3.05 bits per heavy atom. The summed E-state index contributed by atoms with van der Waals surface area (Å²) in [5.74, 6) is 0. The molecule has 1 aromatic rings. The molecular formula is C12H21N4O2S+. The molecule has 0 bridgehead atoms. The van der Waals surface area contributed by atoms with Crippen LogP contribution in [0.1, 0.15) is 19.8 Å². The lowest BCUT2D eigenvalue weighted by atomic mass is 10.2. The highest BCUT2D eigenvalue weighted by molar-refractivity contribution is 7.89. The average molecular weight is 285 g/mol. The number of aromatic nitrogens is 2. The Hall–Kier alpha value is -0.920. The number of sulfonamides is 1. The summed E-state index contributed by atoms with van der Waals surface area (Å²) in [4.78, 5) is 1.91. The molecule has 2 aliphatic rings. The lowest BCUT2D eigenvalue weighted by Gasteiger charge is -2.33. The number of rotatable bonds is 3. The number of aryl methyl sites for hydroxylation is 1. The van der Waals surface area contributed by atoms with Gasteiger partial charge in [-0.1, -0.05) is 0 Å². The van der Waals surface area contributed by atoms with Gasteiger partial charge >= 0.3 is 0 Å². The number of nitrogens with zero attached hydrogens (tertiary/aromatic N) is 3. The molecule has 0 aliphatic carbocycles. The van der Waals surface area contributed by atoms with Gasteiger partial charge in [0.25, 0.3) is 0 Å². The van der Waals surface area contributed by atoms with Crippen molar-refractivity contribution in [1.29, 1.82) is 0 Å². The van der Waals surface area contributed by atoms with Crippen LogP contribution in [0.3, 0.4) is 0 Å². The van der Waals surface area contributed by atoms with Crippen LogP contribution in [-0.2, 0) is 16.6 Å². The molecule has 2 saturated heterocycles. The third-order valence-corrected chi connectivity index (χ3v) is 6.12. The Kier molecular flexibility index (Phi) is 3.36. The first kappa shape index (κ1) is 13.1. The van der Waals surface area contributed by atoms with E-state index in [0.717, 1.165) is 13.0 Å². The molecule has 0 aromatic carbocycles. The summed E-state index contributed by atoms with van der Waals surface area (Å²) < 4.78 is 28.4. The average Bonchev–Trinajstić information content (AvgIpc) is 3.06. The standard InChI is InChI=1S/C12H20N4O2S/c1-2-15-10-12(8-13-15)19(17,18)16-7-6-14-5-3-4-11(14)9-16/h8,10-11H,2-7,9H2,1H3/p+1/t11-/m1/s1. The number of nitrogens with one attached hydrogen (secondary N) is 1. The lowest BCUT2D eigenvalue weighted by molar-refractivity contribution is -0.916. The van der Waals surface area contributed by atoms with Crippen LogP contribution in [0, 0.1) is 0 Å². The van der Waals surface area contributed by atoms with Gasteiger partial charge in [0.1, 0.15) is 10.9 Å². The third kappa shape index (κ3) is 2.30. The summed E-state index contributed by atoms with van der Waals surface area (Å²) in [6.07, 6.45) is 5.47. The van der Waals surface area contributed by atoms with Gasteiger partial charge in [0.2, 0.25) is 10.0 Å². The normalized spacial score (nSPS) is 28.5. The summed E-state index contributed by atoms with van der Waals surface area (Å²) in [5, 5.41) is 4.07. The Morgan fingerprint density at radius 1 is 1.47 bits per heavy atom. The molecule has 1 aromatic heterocycles. The highest BCUT2D eigenvalue weighted by Crippen LogP contribution is 2.17. The third-order valence-electron chi connectivity index (χ3n) is 4.31. The first-order valence-electron chi connectivity index (χ1n) is 6.98. The maximum absolute atomic E-state index is 12.6. The SMILES string of the molecule is CCn1cc(S(=O)(=O)N2CC[NH+]3CCC[C@@H]3C2)cn1. The van der Waals surface area contributed by atoms with E-state index in [2.05, 4.69) is 5.10 Å². The summed E-state index contributed by atoms with van der Waals surface area (Å²) in [6.45, 7) is 6.07. The predicted octanol–water partition coefficient (Wildman–Crippen LogP) is -1.05. The van der Waals surface area contributed by atoms with Gasteiger partial charge in [0, 0.05) is 25.6 Å². The van der Waals surface area contributed by atoms with Crippen LogP contribution in [0.4, 0.5) is 0 Å². The zero-order valence-electron chi connectivity index (χ0n) is 11.2. The second kappa shape index (κ2) is 4.88. The minimum Gasteiger partial charge on any atom is -0.330 e. The van der Waals surface area contributed by atoms with Gasteiger partial charge in [-0.25, -0.2) is 8.42 Å². The fourth-order valence-corrected chi connectivity index (χ4v) is 4.60. The van der Waals surface area contributed by atoms with Crippen molar-refractivity contribution in [2.75, 3.05) is 26.2 Å². The van der Waals surface area contributed by atoms with Crippen LogP contribution in [-0.4, -0.2) is 54.7 Å². The summed E-state index contributed by atoms with van der Waals surface area (Å²) in [6, 6.07) is 0.491. The molecule has 19 heavy (non-hydrogen) atoms. The number of hydrogen-bond acceptors (Lipinski definition) is 3. The Morgan fingerprint density at radius 2 is 2.32 bits per heavy atom. The van der Waals surface area contributed by atoms with Crippen molar-refractivity contribution in [3.63, 3.8) is 0 Å². The number of hydrogen-bond donors (Lipinski definition) is 1. The second-order valence-electron chi connectivity index (χ2n) is 5.39. The van der Waals surface area contributed by atoms with Gasteiger partial charge in [-0.15, -0.1) is 0 Å². The van der Waals surface area contributed by atoms with E-state index in [0.29, 0.717) is 30.6 Å². The maximum Gasteiger partial charge on any atom is 0.246 e. The van der Waals surface area contributed by atoms with Crippen LogP contribution < -0.4 is 4.90 Å². The molecule has 0 amide bonds. The van der Waals surface area contributed by atoms with Gasteiger partial charge in [0.15, 0.2) is 0 Å². The van der Waals surface area contributed by atoms with Crippen molar-refractivity contribution < 1.29 is 13.3 Å². The molecule has 1 N–H and O–H groups in total. The van der Waals surface area contributed by atoms with E-state index >= 15 is 0 Å². The van der Waals surface area contributed by atoms with E-state index in [1.54, 1.807) is 20.1 Å². The van der Waals surface area contributed by atoms with Crippen LogP contribution in [0.25, 0.3) is 0 Å². The molecule has 0 spiro atoms. The second-order valence-corrected chi connectivity index (χ2v) is 7.33. The van der Waals surface area contributed by atoms with Crippen molar-refractivity contribution in [3.8, 4) is 0 Å². The Balaban J connectivity index is 1.80. The molecule has 0 radical (unpaired) electrons. The fourth-order valence-electron chi connectivity index (χ4n) is 3.16. The first-order valence-corrected chi connectivity index (χ1v) is 8.42. The molecule has 2 atom stereocenters. The minimum absolute atomic E-state index is 0.329. The highest BCUT2D eigenvalue weighted by atomic mass is 32.2. The van der Waals surface area contributed by atoms with E-state index in [9.17, 15) is 8.42 Å². The zero-order valence-corrected chi connectivity index (χ0v) is 12.1. The van der Waals surface area contributed by atoms with E-state index in [1.165, 1.54) is 19.2 Å². The minimum atomic E-state index is -3.35. The fraction of sp³-hybridized carbons (Fsp3) is 0.750. The van der Waals surface area contributed by atoms with Gasteiger partial charge in [-0.05, 0) is 6.92 Å². The molecule has 2 aliphatic heterocycles. The van der Waals surface area contributed by atoms with Gasteiger partial charge in [0.05, 0.1) is 32.4 Å². The number of piperazine rings is 1. The Bertz CT molecular complexity index is 554. The first-order chi connectivity index (χ1) is 9.11. The number of quaternary nitrogens is 1. The van der Waals surface area contributed by atoms with Gasteiger partial charge in [-0.2, -0.15) is 9.40 Å². The van der Waals surface area contributed by atoms with Crippen molar-refractivity contribution in [3.05, 3.63) is 12.4 Å². The lowest BCUT2D eigenvalue weighted by Crippen LogP contribution is -3.16. The van der Waals surface area contributed by atoms with Crippen molar-refractivity contribution in [2.45, 2.75) is 37.2 Å². The van der Waals surface area contributed by atoms with Crippen molar-refractivity contribution in [1.82, 2.24) is 14.1 Å². The van der Waals surface area contributed by atoms with Crippen molar-refractivity contribution >= 4 is 10.0 Å². The van der Waals surface area contributed by atoms with Crippen LogP contribution >= 0.6 is 0 Å². The molecule has 6 nitrogen and oxygen atoms in total. The molecule has 106 valence electrons. The molecule has 2 fully saturated rings. The summed E-state index contributed by atoms with van der Waals surface area (Å²) in [5.41, 5.74) is 0. The van der Waals surface area contributed by atoms with Crippen molar-refractivity contribution in [2.24, 2.45) is 0 Å². The molecular weight excluding hydrogens is 264 g/mol. The maximum atomic E-state index is 12.6. The largest absolute Gasteiger partial charge is 0.330 e. The molecule has 3 rings (SSSR count). The Labute approximate surface area is 114 Å². The molecule has 3 heterocycles. The van der Waals surface area contributed by atoms with Gasteiger partial charge in [-0.3, -0.25) is 4.68 Å². The summed E-state index contributed by atoms with van der Waals surface area (Å²) >= 11 is 0. The summed E-state index contributed by atoms with van der Waals surface area (Å²) in [7, 11) is -3.35. The molecule has 0 saturated carbocycles. The highest BCUT2D eigenvalue weighted by Gasteiger charge is 2.39. The van der Waals surface area contributed by atoms with E-state index in [4.69, 9.17) is 0 Å². The zero-order chi connectivity index (χ0) is 13.5. The molecule has 1 unspecified atom stereocenters. The topological polar surface area (TPSA) is 59.6 Å². The van der Waals surface area contributed by atoms with Gasteiger partial charge < -0.3 is 4.90 Å². The quantitative estimate of drug-likeness (QED) is 0.771. The predicted molar refractivity (Wildman–Crippen MR) is 70.4 cm³/mol.